The number of carbonyl (C=O) groups is 2. The zero-order valence-corrected chi connectivity index (χ0v) is 20.7. The Morgan fingerprint density at radius 3 is 2.56 bits per heavy atom. The molecule has 7 nitrogen and oxygen atoms in total. The van der Waals surface area contributed by atoms with E-state index in [1.807, 2.05) is 34.9 Å². The number of Topliss-reactive ketones (excluding diaryl/α,β-unsaturated/α-hetero) is 1. The maximum absolute atomic E-state index is 12.9. The van der Waals surface area contributed by atoms with E-state index in [4.69, 9.17) is 16.9 Å². The molecule has 0 N–H and O–H groups in total. The summed E-state index contributed by atoms with van der Waals surface area (Å²) < 4.78 is 0. The number of rotatable bonds is 5. The highest BCUT2D eigenvalue weighted by Gasteiger charge is 2.35. The van der Waals surface area contributed by atoms with E-state index in [0.29, 0.717) is 29.6 Å². The standard InChI is InChI=1S/C26H30ClN5O2/c1-17-13-31(14-17)26(34)32-7-6-30(15-18(32)2)16-22-9-23(27)8-21(19(22)3)11-25(33)20-4-5-29-24(10-20)12-28/h4-5,8-10,17-18H,6-7,11,13-16H2,1-3H3/t18-/m0/s1. The van der Waals surface area contributed by atoms with Crippen molar-refractivity contribution < 1.29 is 9.59 Å². The first-order valence-electron chi connectivity index (χ1n) is 11.7. The first-order valence-corrected chi connectivity index (χ1v) is 12.1. The lowest BCUT2D eigenvalue weighted by Crippen LogP contribution is -2.60. The van der Waals surface area contributed by atoms with Crippen LogP contribution in [0.1, 0.15) is 46.6 Å². The van der Waals surface area contributed by atoms with Gasteiger partial charge in [0.15, 0.2) is 5.78 Å². The number of benzene rings is 1. The summed E-state index contributed by atoms with van der Waals surface area (Å²) in [5.74, 6) is 0.524. The van der Waals surface area contributed by atoms with Crippen LogP contribution in [0, 0.1) is 24.2 Å². The van der Waals surface area contributed by atoms with Crippen LogP contribution in [0.2, 0.25) is 5.02 Å². The summed E-state index contributed by atoms with van der Waals surface area (Å²) in [5, 5.41) is 9.66. The lowest BCUT2D eigenvalue weighted by molar-refractivity contribution is 0.0525. The molecule has 2 amide bonds. The zero-order chi connectivity index (χ0) is 24.4. The molecule has 0 saturated carbocycles. The van der Waals surface area contributed by atoms with E-state index in [1.54, 1.807) is 6.07 Å². The van der Waals surface area contributed by atoms with Crippen molar-refractivity contribution in [3.05, 3.63) is 63.4 Å². The van der Waals surface area contributed by atoms with Crippen LogP contribution in [0.5, 0.6) is 0 Å². The summed E-state index contributed by atoms with van der Waals surface area (Å²) in [6.45, 7) is 11.0. The Morgan fingerprint density at radius 1 is 1.15 bits per heavy atom. The molecule has 2 fully saturated rings. The fourth-order valence-electron chi connectivity index (χ4n) is 4.82. The van der Waals surface area contributed by atoms with E-state index < -0.39 is 0 Å². The van der Waals surface area contributed by atoms with Crippen LogP contribution in [0.3, 0.4) is 0 Å². The van der Waals surface area contributed by atoms with E-state index in [1.165, 1.54) is 12.3 Å². The molecule has 3 heterocycles. The van der Waals surface area contributed by atoms with E-state index >= 15 is 0 Å². The smallest absolute Gasteiger partial charge is 0.320 e. The highest BCUT2D eigenvalue weighted by Crippen LogP contribution is 2.25. The zero-order valence-electron chi connectivity index (χ0n) is 19.9. The van der Waals surface area contributed by atoms with Crippen molar-refractivity contribution >= 4 is 23.4 Å². The molecule has 0 spiro atoms. The van der Waals surface area contributed by atoms with Crippen molar-refractivity contribution in [2.45, 2.75) is 39.8 Å². The Hall–Kier alpha value is -2.95. The van der Waals surface area contributed by atoms with Gasteiger partial charge in [0.2, 0.25) is 0 Å². The van der Waals surface area contributed by atoms with Gasteiger partial charge in [0.05, 0.1) is 0 Å². The summed E-state index contributed by atoms with van der Waals surface area (Å²) in [7, 11) is 0. The largest absolute Gasteiger partial charge is 0.324 e. The summed E-state index contributed by atoms with van der Waals surface area (Å²) in [6.07, 6.45) is 1.69. The molecule has 2 aromatic rings. The third-order valence-electron chi connectivity index (χ3n) is 6.82. The van der Waals surface area contributed by atoms with Gasteiger partial charge in [-0.15, -0.1) is 0 Å². The summed E-state index contributed by atoms with van der Waals surface area (Å²) in [4.78, 5) is 35.8. The lowest BCUT2D eigenvalue weighted by atomic mass is 9.95. The molecule has 34 heavy (non-hydrogen) atoms. The second kappa shape index (κ2) is 10.1. The molecule has 1 atom stereocenters. The van der Waals surface area contributed by atoms with Gasteiger partial charge in [-0.2, -0.15) is 5.26 Å². The number of aromatic nitrogens is 1. The van der Waals surface area contributed by atoms with Gasteiger partial charge in [0.25, 0.3) is 0 Å². The van der Waals surface area contributed by atoms with Crippen LogP contribution in [0.15, 0.2) is 30.5 Å². The van der Waals surface area contributed by atoms with Crippen LogP contribution >= 0.6 is 11.6 Å². The molecule has 1 aromatic carbocycles. The van der Waals surface area contributed by atoms with E-state index in [-0.39, 0.29) is 30.0 Å². The minimum atomic E-state index is -0.0729. The Bertz CT molecular complexity index is 1140. The van der Waals surface area contributed by atoms with Gasteiger partial charge in [-0.3, -0.25) is 9.69 Å². The van der Waals surface area contributed by atoms with Gasteiger partial charge < -0.3 is 9.80 Å². The van der Waals surface area contributed by atoms with Crippen LogP contribution < -0.4 is 0 Å². The molecular formula is C26H30ClN5O2. The topological polar surface area (TPSA) is 80.5 Å². The third kappa shape index (κ3) is 5.24. The van der Waals surface area contributed by atoms with Crippen molar-refractivity contribution in [2.24, 2.45) is 5.92 Å². The number of carbonyl (C=O) groups excluding carboxylic acids is 2. The van der Waals surface area contributed by atoms with Gasteiger partial charge >= 0.3 is 6.03 Å². The van der Waals surface area contributed by atoms with Gasteiger partial charge in [0, 0.05) is 68.5 Å². The minimum Gasteiger partial charge on any atom is -0.324 e. The highest BCUT2D eigenvalue weighted by atomic mass is 35.5. The van der Waals surface area contributed by atoms with Gasteiger partial charge in [-0.1, -0.05) is 18.5 Å². The molecule has 2 saturated heterocycles. The monoisotopic (exact) mass is 479 g/mol. The fourth-order valence-corrected chi connectivity index (χ4v) is 5.09. The molecule has 2 aliphatic heterocycles. The van der Waals surface area contributed by atoms with Crippen molar-refractivity contribution in [1.29, 1.82) is 5.26 Å². The number of pyridine rings is 1. The normalized spacial score (nSPS) is 19.0. The molecule has 178 valence electrons. The van der Waals surface area contributed by atoms with Crippen molar-refractivity contribution in [1.82, 2.24) is 19.7 Å². The number of piperazine rings is 1. The minimum absolute atomic E-state index is 0.0729. The Balaban J connectivity index is 1.42. The molecule has 4 rings (SSSR count). The molecule has 0 aliphatic carbocycles. The maximum atomic E-state index is 12.9. The second-order valence-electron chi connectivity index (χ2n) is 9.56. The number of urea groups is 1. The molecule has 0 radical (unpaired) electrons. The van der Waals surface area contributed by atoms with Crippen LogP contribution in [-0.2, 0) is 13.0 Å². The quantitative estimate of drug-likeness (QED) is 0.607. The molecular weight excluding hydrogens is 450 g/mol. The predicted octanol–water partition coefficient (Wildman–Crippen LogP) is 3.92. The van der Waals surface area contributed by atoms with Crippen LogP contribution in [0.4, 0.5) is 4.79 Å². The number of likely N-dealkylation sites (tertiary alicyclic amines) is 1. The van der Waals surface area contributed by atoms with Crippen LogP contribution in [0.25, 0.3) is 0 Å². The lowest BCUT2D eigenvalue weighted by Gasteiger charge is -2.46. The van der Waals surface area contributed by atoms with E-state index in [9.17, 15) is 9.59 Å². The Kier molecular flexibility index (Phi) is 7.20. The number of amides is 2. The fraction of sp³-hybridized carbons (Fsp3) is 0.462. The van der Waals surface area contributed by atoms with Gasteiger partial charge in [-0.05, 0) is 60.7 Å². The summed E-state index contributed by atoms with van der Waals surface area (Å²) in [6, 6.07) is 9.23. The van der Waals surface area contributed by atoms with Crippen molar-refractivity contribution in [3.8, 4) is 6.07 Å². The number of halogens is 1. The maximum Gasteiger partial charge on any atom is 0.320 e. The number of ketones is 1. The first-order chi connectivity index (χ1) is 16.2. The van der Waals surface area contributed by atoms with Gasteiger partial charge in [-0.25, -0.2) is 9.78 Å². The molecule has 8 heteroatoms. The SMILES string of the molecule is Cc1c(CC(=O)c2ccnc(C#N)c2)cc(Cl)cc1CN1CCN(C(=O)N2CC(C)C2)[C@@H](C)C1. The average Bonchev–Trinajstić information content (AvgIpc) is 2.79. The summed E-state index contributed by atoms with van der Waals surface area (Å²) in [5.41, 5.74) is 3.72. The Morgan fingerprint density at radius 2 is 1.88 bits per heavy atom. The highest BCUT2D eigenvalue weighted by molar-refractivity contribution is 6.30. The third-order valence-corrected chi connectivity index (χ3v) is 7.04. The molecule has 0 bridgehead atoms. The van der Waals surface area contributed by atoms with Crippen molar-refractivity contribution in [2.75, 3.05) is 32.7 Å². The van der Waals surface area contributed by atoms with E-state index in [0.717, 1.165) is 42.9 Å². The number of hydrogen-bond donors (Lipinski definition) is 0. The average molecular weight is 480 g/mol. The number of nitriles is 1. The molecule has 0 unspecified atom stereocenters. The predicted molar refractivity (Wildman–Crippen MR) is 131 cm³/mol. The van der Waals surface area contributed by atoms with Crippen molar-refractivity contribution in [3.63, 3.8) is 0 Å². The first kappa shape index (κ1) is 24.2. The Labute approximate surface area is 205 Å². The second-order valence-corrected chi connectivity index (χ2v) is 10.00. The molecule has 1 aromatic heterocycles. The number of nitrogens with zero attached hydrogens (tertiary/aromatic N) is 5. The van der Waals surface area contributed by atoms with E-state index in [2.05, 4.69) is 23.7 Å². The summed E-state index contributed by atoms with van der Waals surface area (Å²) >= 11 is 6.44. The molecule has 2 aliphatic rings. The van der Waals surface area contributed by atoms with Gasteiger partial charge in [0.1, 0.15) is 11.8 Å². The number of hydrogen-bond acceptors (Lipinski definition) is 5. The van der Waals surface area contributed by atoms with Crippen LogP contribution in [-0.4, -0.2) is 70.3 Å².